The molecule has 0 saturated carbocycles. The van der Waals surface area contributed by atoms with Crippen LogP contribution in [0.15, 0.2) is 11.6 Å². The second kappa shape index (κ2) is 9.71. The van der Waals surface area contributed by atoms with Gasteiger partial charge in [-0.15, -0.1) is 0 Å². The van der Waals surface area contributed by atoms with Gasteiger partial charge in [0.05, 0.1) is 13.1 Å². The van der Waals surface area contributed by atoms with Gasteiger partial charge in [0.1, 0.15) is 6.17 Å². The van der Waals surface area contributed by atoms with Crippen molar-refractivity contribution in [1.29, 1.82) is 0 Å². The number of amides is 3. The van der Waals surface area contributed by atoms with Crippen molar-refractivity contribution in [1.82, 2.24) is 19.8 Å². The Morgan fingerprint density at radius 3 is 2.73 bits per heavy atom. The molecule has 146 valence electrons. The minimum Gasteiger partial charge on any atom is -0.339 e. The third kappa shape index (κ3) is 5.06. The molecule has 7 heteroatoms. The average Bonchev–Trinajstić information content (AvgIpc) is 2.62. The standard InChI is InChI=1S/C19H32N4O3/c1-4-11-22-18(23(15-24)20(3)14-19(22)26)13-21(16(2)25)12-10-17-8-6-5-7-9-17/h8,15,18H,4-7,9-14H2,1-3H3. The largest absolute Gasteiger partial charge is 0.339 e. The molecular weight excluding hydrogens is 332 g/mol. The maximum atomic E-state index is 12.5. The van der Waals surface area contributed by atoms with E-state index in [4.69, 9.17) is 0 Å². The second-order valence-corrected chi connectivity index (χ2v) is 7.19. The Morgan fingerprint density at radius 2 is 2.15 bits per heavy atom. The van der Waals surface area contributed by atoms with E-state index >= 15 is 0 Å². The van der Waals surface area contributed by atoms with Crippen molar-refractivity contribution in [3.8, 4) is 0 Å². The van der Waals surface area contributed by atoms with Gasteiger partial charge in [0, 0.05) is 27.1 Å². The molecule has 0 aromatic heterocycles. The van der Waals surface area contributed by atoms with Crippen LogP contribution in [-0.2, 0) is 14.4 Å². The predicted octanol–water partition coefficient (Wildman–Crippen LogP) is 1.61. The molecule has 0 bridgehead atoms. The number of allylic oxidation sites excluding steroid dienone is 1. The molecule has 0 N–H and O–H groups in total. The van der Waals surface area contributed by atoms with E-state index in [9.17, 15) is 14.4 Å². The van der Waals surface area contributed by atoms with Gasteiger partial charge in [-0.1, -0.05) is 18.6 Å². The smallest absolute Gasteiger partial charge is 0.240 e. The summed E-state index contributed by atoms with van der Waals surface area (Å²) in [6.07, 6.45) is 8.98. The normalized spacial score (nSPS) is 21.6. The van der Waals surface area contributed by atoms with Gasteiger partial charge in [-0.05, 0) is 38.5 Å². The lowest BCUT2D eigenvalue weighted by molar-refractivity contribution is -0.180. The first kappa shape index (κ1) is 20.4. The second-order valence-electron chi connectivity index (χ2n) is 7.19. The van der Waals surface area contributed by atoms with Crippen LogP contribution in [0.2, 0.25) is 0 Å². The first-order valence-electron chi connectivity index (χ1n) is 9.65. The van der Waals surface area contributed by atoms with Crippen molar-refractivity contribution < 1.29 is 14.4 Å². The number of nitrogens with zero attached hydrogens (tertiary/aromatic N) is 4. The maximum Gasteiger partial charge on any atom is 0.240 e. The van der Waals surface area contributed by atoms with Crippen LogP contribution in [-0.4, -0.2) is 77.4 Å². The Hall–Kier alpha value is -1.89. The van der Waals surface area contributed by atoms with Crippen LogP contribution >= 0.6 is 0 Å². The Balaban J connectivity index is 2.10. The number of hydrazine groups is 1. The van der Waals surface area contributed by atoms with Gasteiger partial charge in [0.25, 0.3) is 0 Å². The fourth-order valence-electron chi connectivity index (χ4n) is 3.74. The first-order valence-corrected chi connectivity index (χ1v) is 9.65. The Kier molecular flexibility index (Phi) is 7.63. The van der Waals surface area contributed by atoms with Crippen molar-refractivity contribution in [2.45, 2.75) is 58.5 Å². The van der Waals surface area contributed by atoms with E-state index in [0.717, 1.165) is 32.1 Å². The van der Waals surface area contributed by atoms with Crippen LogP contribution in [0.3, 0.4) is 0 Å². The zero-order valence-corrected chi connectivity index (χ0v) is 16.3. The van der Waals surface area contributed by atoms with Crippen LogP contribution in [0.1, 0.15) is 52.4 Å². The Morgan fingerprint density at radius 1 is 1.38 bits per heavy atom. The van der Waals surface area contributed by atoms with Crippen molar-refractivity contribution >= 4 is 18.2 Å². The SMILES string of the molecule is CCCN1C(=O)CN(C)N(C=O)C1CN(CCC1=CCCCC1)C(C)=O. The van der Waals surface area contributed by atoms with E-state index in [2.05, 4.69) is 6.08 Å². The molecule has 1 heterocycles. The lowest BCUT2D eigenvalue weighted by atomic mass is 9.97. The zero-order chi connectivity index (χ0) is 19.1. The molecule has 26 heavy (non-hydrogen) atoms. The number of hydrogen-bond acceptors (Lipinski definition) is 4. The molecule has 2 rings (SSSR count). The summed E-state index contributed by atoms with van der Waals surface area (Å²) >= 11 is 0. The van der Waals surface area contributed by atoms with Gasteiger partial charge in [0.15, 0.2) is 0 Å². The minimum absolute atomic E-state index is 0.00376. The number of rotatable bonds is 8. The molecule has 1 saturated heterocycles. The molecule has 1 aliphatic carbocycles. The number of likely N-dealkylation sites (N-methyl/N-ethyl adjacent to an activating group) is 1. The number of carbonyl (C=O) groups is 3. The zero-order valence-electron chi connectivity index (χ0n) is 16.3. The molecule has 2 aliphatic rings. The topological polar surface area (TPSA) is 64.2 Å². The minimum atomic E-state index is -0.442. The van der Waals surface area contributed by atoms with E-state index in [1.54, 1.807) is 28.8 Å². The molecular formula is C19H32N4O3. The highest BCUT2D eigenvalue weighted by Crippen LogP contribution is 2.21. The molecule has 0 aromatic rings. The van der Waals surface area contributed by atoms with Crippen molar-refractivity contribution in [2.24, 2.45) is 0 Å². The molecule has 1 fully saturated rings. The van der Waals surface area contributed by atoms with Crippen LogP contribution in [0.25, 0.3) is 0 Å². The molecule has 3 amide bonds. The molecule has 1 unspecified atom stereocenters. The lowest BCUT2D eigenvalue weighted by Crippen LogP contribution is -2.66. The van der Waals surface area contributed by atoms with E-state index in [1.807, 2.05) is 6.92 Å². The van der Waals surface area contributed by atoms with Crippen LogP contribution in [0.4, 0.5) is 0 Å². The molecule has 7 nitrogen and oxygen atoms in total. The van der Waals surface area contributed by atoms with Crippen molar-refractivity contribution in [2.75, 3.05) is 33.2 Å². The van der Waals surface area contributed by atoms with Gasteiger partial charge in [-0.3, -0.25) is 19.4 Å². The van der Waals surface area contributed by atoms with Gasteiger partial charge < -0.3 is 9.80 Å². The summed E-state index contributed by atoms with van der Waals surface area (Å²) in [6.45, 7) is 5.30. The summed E-state index contributed by atoms with van der Waals surface area (Å²) in [7, 11) is 1.73. The summed E-state index contributed by atoms with van der Waals surface area (Å²) in [4.78, 5) is 39.8. The van der Waals surface area contributed by atoms with Gasteiger partial charge in [-0.2, -0.15) is 0 Å². The lowest BCUT2D eigenvalue weighted by Gasteiger charge is -2.47. The highest BCUT2D eigenvalue weighted by molar-refractivity contribution is 5.80. The van der Waals surface area contributed by atoms with Gasteiger partial charge in [-0.25, -0.2) is 5.01 Å². The number of carbonyl (C=O) groups excluding carboxylic acids is 3. The van der Waals surface area contributed by atoms with Crippen LogP contribution in [0, 0.1) is 0 Å². The quantitative estimate of drug-likeness (QED) is 0.485. The summed E-state index contributed by atoms with van der Waals surface area (Å²) in [5.41, 5.74) is 1.41. The summed E-state index contributed by atoms with van der Waals surface area (Å²) < 4.78 is 0. The predicted molar refractivity (Wildman–Crippen MR) is 99.7 cm³/mol. The van der Waals surface area contributed by atoms with E-state index in [-0.39, 0.29) is 18.4 Å². The first-order chi connectivity index (χ1) is 12.5. The molecule has 1 aliphatic heterocycles. The fourth-order valence-corrected chi connectivity index (χ4v) is 3.74. The Labute approximate surface area is 156 Å². The summed E-state index contributed by atoms with van der Waals surface area (Å²) in [6, 6.07) is 0. The van der Waals surface area contributed by atoms with E-state index in [0.29, 0.717) is 19.6 Å². The van der Waals surface area contributed by atoms with Crippen LogP contribution in [0.5, 0.6) is 0 Å². The highest BCUT2D eigenvalue weighted by atomic mass is 16.2. The maximum absolute atomic E-state index is 12.5. The summed E-state index contributed by atoms with van der Waals surface area (Å²) in [5.74, 6) is -0.0275. The fraction of sp³-hybridized carbons (Fsp3) is 0.737. The Bertz CT molecular complexity index is 549. The molecule has 1 atom stereocenters. The molecule has 0 spiro atoms. The molecule has 0 radical (unpaired) electrons. The van der Waals surface area contributed by atoms with E-state index < -0.39 is 6.17 Å². The average molecular weight is 364 g/mol. The number of hydrogen-bond donors (Lipinski definition) is 0. The summed E-state index contributed by atoms with van der Waals surface area (Å²) in [5, 5.41) is 3.17. The van der Waals surface area contributed by atoms with Gasteiger partial charge in [0.2, 0.25) is 18.2 Å². The van der Waals surface area contributed by atoms with Gasteiger partial charge >= 0.3 is 0 Å². The van der Waals surface area contributed by atoms with Crippen LogP contribution < -0.4 is 0 Å². The third-order valence-corrected chi connectivity index (χ3v) is 5.23. The van der Waals surface area contributed by atoms with E-state index in [1.165, 1.54) is 23.4 Å². The third-order valence-electron chi connectivity index (χ3n) is 5.23. The van der Waals surface area contributed by atoms with Crippen molar-refractivity contribution in [3.05, 3.63) is 11.6 Å². The monoisotopic (exact) mass is 364 g/mol. The highest BCUT2D eigenvalue weighted by Gasteiger charge is 2.37. The van der Waals surface area contributed by atoms with Crippen molar-refractivity contribution in [3.63, 3.8) is 0 Å². The molecule has 0 aromatic carbocycles.